The number of ether oxygens (including phenoxy) is 1. The number of halogens is 4. The lowest BCUT2D eigenvalue weighted by Crippen LogP contribution is -2.13. The minimum Gasteiger partial charge on any atom is -0.495 e. The van der Waals surface area contributed by atoms with Crippen molar-refractivity contribution in [1.82, 2.24) is 5.32 Å². The summed E-state index contributed by atoms with van der Waals surface area (Å²) in [5.41, 5.74) is 1.88. The first-order valence-corrected chi connectivity index (χ1v) is 6.83. The highest BCUT2D eigenvalue weighted by Gasteiger charge is 2.09. The molecule has 0 spiro atoms. The van der Waals surface area contributed by atoms with E-state index in [1.807, 2.05) is 6.07 Å². The van der Waals surface area contributed by atoms with Crippen molar-refractivity contribution in [3.8, 4) is 5.75 Å². The monoisotopic (exact) mass is 349 g/mol. The van der Waals surface area contributed by atoms with Crippen molar-refractivity contribution in [3.05, 3.63) is 63.4 Å². The van der Waals surface area contributed by atoms with E-state index in [1.54, 1.807) is 25.3 Å². The first kappa shape index (κ1) is 18.1. The fourth-order valence-electron chi connectivity index (χ4n) is 1.92. The van der Waals surface area contributed by atoms with E-state index in [9.17, 15) is 4.39 Å². The second-order valence-electron chi connectivity index (χ2n) is 4.31. The van der Waals surface area contributed by atoms with Crippen LogP contribution in [0.4, 0.5) is 4.39 Å². The standard InChI is InChI=1S/C15H14Cl2FNO.ClH/c1-20-15-11(6-12(16)7-14(15)17)9-19-8-10-2-4-13(18)5-3-10;/h2-7,19H,8-9H2,1H3;1H. The summed E-state index contributed by atoms with van der Waals surface area (Å²) in [6.07, 6.45) is 0. The molecule has 6 heteroatoms. The Morgan fingerprint density at radius 2 is 1.76 bits per heavy atom. The second kappa shape index (κ2) is 8.44. The van der Waals surface area contributed by atoms with Crippen molar-refractivity contribution < 1.29 is 9.13 Å². The Morgan fingerprint density at radius 1 is 1.10 bits per heavy atom. The van der Waals surface area contributed by atoms with Gasteiger partial charge in [-0.3, -0.25) is 0 Å². The summed E-state index contributed by atoms with van der Waals surface area (Å²) in [5, 5.41) is 4.30. The van der Waals surface area contributed by atoms with Crippen molar-refractivity contribution >= 4 is 35.6 Å². The Kier molecular flexibility index (Phi) is 7.26. The van der Waals surface area contributed by atoms with Gasteiger partial charge in [0.1, 0.15) is 11.6 Å². The molecule has 0 bridgehead atoms. The first-order chi connectivity index (χ1) is 9.60. The third-order valence-electron chi connectivity index (χ3n) is 2.85. The molecule has 0 aliphatic carbocycles. The Bertz CT molecular complexity index is 590. The second-order valence-corrected chi connectivity index (χ2v) is 5.15. The van der Waals surface area contributed by atoms with Gasteiger partial charge in [0.25, 0.3) is 0 Å². The van der Waals surface area contributed by atoms with Gasteiger partial charge >= 0.3 is 0 Å². The molecule has 0 amide bonds. The summed E-state index contributed by atoms with van der Waals surface area (Å²) in [5.74, 6) is 0.375. The molecule has 0 aliphatic rings. The maximum atomic E-state index is 12.8. The van der Waals surface area contributed by atoms with Crippen LogP contribution in [0.1, 0.15) is 11.1 Å². The molecular formula is C15H15Cl3FNO. The zero-order valence-electron chi connectivity index (χ0n) is 11.3. The normalized spacial score (nSPS) is 10.1. The van der Waals surface area contributed by atoms with Crippen LogP contribution in [0.2, 0.25) is 10.0 Å². The van der Waals surface area contributed by atoms with Crippen LogP contribution in [0, 0.1) is 5.82 Å². The molecule has 1 N–H and O–H groups in total. The highest BCUT2D eigenvalue weighted by Crippen LogP contribution is 2.32. The molecule has 0 fully saturated rings. The van der Waals surface area contributed by atoms with Crippen molar-refractivity contribution in [3.63, 3.8) is 0 Å². The lowest BCUT2D eigenvalue weighted by molar-refractivity contribution is 0.408. The highest BCUT2D eigenvalue weighted by molar-refractivity contribution is 6.35. The summed E-state index contributed by atoms with van der Waals surface area (Å²) in [6, 6.07) is 9.81. The maximum Gasteiger partial charge on any atom is 0.142 e. The Labute approximate surface area is 139 Å². The van der Waals surface area contributed by atoms with Gasteiger partial charge in [0.2, 0.25) is 0 Å². The number of methoxy groups -OCH3 is 1. The lowest BCUT2D eigenvalue weighted by atomic mass is 10.2. The molecule has 21 heavy (non-hydrogen) atoms. The van der Waals surface area contributed by atoms with Crippen LogP contribution < -0.4 is 10.1 Å². The first-order valence-electron chi connectivity index (χ1n) is 6.07. The van der Waals surface area contributed by atoms with E-state index >= 15 is 0 Å². The van der Waals surface area contributed by atoms with E-state index in [0.29, 0.717) is 28.9 Å². The van der Waals surface area contributed by atoms with Crippen LogP contribution in [-0.2, 0) is 13.1 Å². The van der Waals surface area contributed by atoms with Crippen LogP contribution in [0.25, 0.3) is 0 Å². The topological polar surface area (TPSA) is 21.3 Å². The van der Waals surface area contributed by atoms with Crippen LogP contribution in [0.5, 0.6) is 5.75 Å². The van der Waals surface area contributed by atoms with Crippen LogP contribution in [0.3, 0.4) is 0 Å². The molecule has 114 valence electrons. The van der Waals surface area contributed by atoms with Crippen molar-refractivity contribution in [2.75, 3.05) is 7.11 Å². The fourth-order valence-corrected chi connectivity index (χ4v) is 2.53. The summed E-state index contributed by atoms with van der Waals surface area (Å²) < 4.78 is 18.1. The predicted molar refractivity (Wildman–Crippen MR) is 87.2 cm³/mol. The molecule has 0 heterocycles. The van der Waals surface area contributed by atoms with Crippen molar-refractivity contribution in [1.29, 1.82) is 0 Å². The van der Waals surface area contributed by atoms with E-state index in [0.717, 1.165) is 11.1 Å². The molecule has 0 aromatic heterocycles. The molecule has 0 saturated carbocycles. The van der Waals surface area contributed by atoms with E-state index in [2.05, 4.69) is 5.32 Å². The molecule has 0 atom stereocenters. The number of nitrogens with one attached hydrogen (secondary N) is 1. The zero-order chi connectivity index (χ0) is 14.5. The van der Waals surface area contributed by atoms with Gasteiger partial charge in [-0.1, -0.05) is 35.3 Å². The average Bonchev–Trinajstić information content (AvgIpc) is 2.40. The van der Waals surface area contributed by atoms with E-state index in [4.69, 9.17) is 27.9 Å². The van der Waals surface area contributed by atoms with Gasteiger partial charge in [0.15, 0.2) is 0 Å². The summed E-state index contributed by atoms with van der Waals surface area (Å²) >= 11 is 12.1. The van der Waals surface area contributed by atoms with Gasteiger partial charge in [-0.25, -0.2) is 4.39 Å². The Balaban J connectivity index is 0.00000220. The van der Waals surface area contributed by atoms with Gasteiger partial charge in [0, 0.05) is 23.7 Å². The van der Waals surface area contributed by atoms with Gasteiger partial charge in [0.05, 0.1) is 12.1 Å². The number of hydrogen-bond acceptors (Lipinski definition) is 2. The molecule has 0 saturated heterocycles. The SMILES string of the molecule is COc1c(Cl)cc(Cl)cc1CNCc1ccc(F)cc1.Cl. The zero-order valence-corrected chi connectivity index (χ0v) is 13.7. The third-order valence-corrected chi connectivity index (χ3v) is 3.35. The molecule has 0 radical (unpaired) electrons. The van der Waals surface area contributed by atoms with Crippen LogP contribution in [-0.4, -0.2) is 7.11 Å². The largest absolute Gasteiger partial charge is 0.495 e. The summed E-state index contributed by atoms with van der Waals surface area (Å²) in [4.78, 5) is 0. The van der Waals surface area contributed by atoms with Gasteiger partial charge in [-0.2, -0.15) is 0 Å². The summed E-state index contributed by atoms with van der Waals surface area (Å²) in [7, 11) is 1.57. The molecule has 2 nitrogen and oxygen atoms in total. The molecule has 2 aromatic rings. The van der Waals surface area contributed by atoms with Crippen molar-refractivity contribution in [2.45, 2.75) is 13.1 Å². The third kappa shape index (κ3) is 5.04. The number of hydrogen-bond donors (Lipinski definition) is 1. The average molecular weight is 351 g/mol. The van der Waals surface area contributed by atoms with Crippen LogP contribution >= 0.6 is 35.6 Å². The van der Waals surface area contributed by atoms with Gasteiger partial charge in [-0.15, -0.1) is 12.4 Å². The highest BCUT2D eigenvalue weighted by atomic mass is 35.5. The van der Waals surface area contributed by atoms with E-state index in [-0.39, 0.29) is 18.2 Å². The minimum atomic E-state index is -0.239. The van der Waals surface area contributed by atoms with Crippen LogP contribution in [0.15, 0.2) is 36.4 Å². The predicted octanol–water partition coefficient (Wildman–Crippen LogP) is 4.85. The molecule has 2 aromatic carbocycles. The molecule has 0 aliphatic heterocycles. The number of rotatable bonds is 5. The molecule has 0 unspecified atom stereocenters. The smallest absolute Gasteiger partial charge is 0.142 e. The minimum absolute atomic E-state index is 0. The lowest BCUT2D eigenvalue weighted by Gasteiger charge is -2.12. The summed E-state index contributed by atoms with van der Waals surface area (Å²) in [6.45, 7) is 1.17. The fraction of sp³-hybridized carbons (Fsp3) is 0.200. The quantitative estimate of drug-likeness (QED) is 0.832. The van der Waals surface area contributed by atoms with Gasteiger partial charge in [-0.05, 0) is 29.8 Å². The van der Waals surface area contributed by atoms with Gasteiger partial charge < -0.3 is 10.1 Å². The molecule has 2 rings (SSSR count). The molecular weight excluding hydrogens is 336 g/mol. The van der Waals surface area contributed by atoms with Crippen molar-refractivity contribution in [2.24, 2.45) is 0 Å². The van der Waals surface area contributed by atoms with E-state index in [1.165, 1.54) is 12.1 Å². The number of benzene rings is 2. The van der Waals surface area contributed by atoms with E-state index < -0.39 is 0 Å². The Hall–Kier alpha value is -1.00. The Morgan fingerprint density at radius 3 is 2.38 bits per heavy atom. The maximum absolute atomic E-state index is 12.8.